The number of aliphatic hydroxyl groups is 2. The molecule has 9 heavy (non-hydrogen) atoms. The third-order valence-corrected chi connectivity index (χ3v) is 0.462. The second kappa shape index (κ2) is 15.7. The van der Waals surface area contributed by atoms with Crippen LogP contribution in [0.1, 0.15) is 6.42 Å². The SMILES string of the molecule is C=CCCO.C=CCO. The normalized spacial score (nSPS) is 6.89. The lowest BCUT2D eigenvalue weighted by molar-refractivity contribution is 0.303. The first-order valence-corrected chi connectivity index (χ1v) is 2.77. The van der Waals surface area contributed by atoms with Gasteiger partial charge in [0.1, 0.15) is 0 Å². The van der Waals surface area contributed by atoms with Crippen molar-refractivity contribution in [1.29, 1.82) is 0 Å². The van der Waals surface area contributed by atoms with Gasteiger partial charge in [-0.05, 0) is 6.42 Å². The quantitative estimate of drug-likeness (QED) is 0.553. The second-order valence-electron chi connectivity index (χ2n) is 1.27. The topological polar surface area (TPSA) is 40.5 Å². The Labute approximate surface area is 56.1 Å². The number of hydrogen-bond acceptors (Lipinski definition) is 2. The third-order valence-electron chi connectivity index (χ3n) is 0.462. The molecule has 0 rings (SSSR count). The molecule has 0 radical (unpaired) electrons. The third kappa shape index (κ3) is 37.5. The van der Waals surface area contributed by atoms with E-state index in [0.717, 1.165) is 0 Å². The van der Waals surface area contributed by atoms with E-state index in [1.807, 2.05) is 0 Å². The van der Waals surface area contributed by atoms with Crippen molar-refractivity contribution in [3.8, 4) is 0 Å². The van der Waals surface area contributed by atoms with Crippen molar-refractivity contribution in [3.05, 3.63) is 25.3 Å². The summed E-state index contributed by atoms with van der Waals surface area (Å²) < 4.78 is 0. The van der Waals surface area contributed by atoms with E-state index in [9.17, 15) is 0 Å². The van der Waals surface area contributed by atoms with Gasteiger partial charge in [0.15, 0.2) is 0 Å². The van der Waals surface area contributed by atoms with Gasteiger partial charge in [-0.2, -0.15) is 0 Å². The van der Waals surface area contributed by atoms with Crippen molar-refractivity contribution in [3.63, 3.8) is 0 Å². The molecule has 0 saturated heterocycles. The van der Waals surface area contributed by atoms with Gasteiger partial charge in [-0.15, -0.1) is 13.2 Å². The summed E-state index contributed by atoms with van der Waals surface area (Å²) in [5, 5.41) is 15.8. The number of aliphatic hydroxyl groups excluding tert-OH is 2. The molecule has 0 amide bonds. The summed E-state index contributed by atoms with van der Waals surface area (Å²) in [5.74, 6) is 0. The Morgan fingerprint density at radius 3 is 1.56 bits per heavy atom. The van der Waals surface area contributed by atoms with Crippen LogP contribution in [0.25, 0.3) is 0 Å². The fourth-order valence-corrected chi connectivity index (χ4v) is 0.0913. The maximum Gasteiger partial charge on any atom is 0.0609 e. The molecule has 0 aromatic carbocycles. The predicted octanol–water partition coefficient (Wildman–Crippen LogP) is 0.720. The summed E-state index contributed by atoms with van der Waals surface area (Å²) in [5.41, 5.74) is 0. The van der Waals surface area contributed by atoms with Gasteiger partial charge in [-0.3, -0.25) is 0 Å². The highest BCUT2D eigenvalue weighted by molar-refractivity contribution is 4.63. The molecule has 0 spiro atoms. The van der Waals surface area contributed by atoms with Gasteiger partial charge in [0.05, 0.1) is 6.61 Å². The van der Waals surface area contributed by atoms with Crippen molar-refractivity contribution in [1.82, 2.24) is 0 Å². The van der Waals surface area contributed by atoms with Gasteiger partial charge < -0.3 is 10.2 Å². The van der Waals surface area contributed by atoms with E-state index in [1.54, 1.807) is 6.08 Å². The van der Waals surface area contributed by atoms with E-state index in [-0.39, 0.29) is 13.2 Å². The summed E-state index contributed by atoms with van der Waals surface area (Å²) in [6, 6.07) is 0. The molecule has 0 aromatic rings. The van der Waals surface area contributed by atoms with Crippen LogP contribution in [0.4, 0.5) is 0 Å². The molecule has 2 heteroatoms. The molecule has 54 valence electrons. The number of rotatable bonds is 3. The molecule has 0 heterocycles. The molecule has 0 aliphatic carbocycles. The lowest BCUT2D eigenvalue weighted by atomic mass is 10.5. The van der Waals surface area contributed by atoms with E-state index < -0.39 is 0 Å². The maximum absolute atomic E-state index is 8.00. The average Bonchev–Trinajstić information content (AvgIpc) is 1.91. The first-order chi connectivity index (χ1) is 4.33. The van der Waals surface area contributed by atoms with Crippen molar-refractivity contribution in [2.45, 2.75) is 6.42 Å². The molecule has 0 fully saturated rings. The standard InChI is InChI=1S/C4H8O.C3H6O/c1-2-3-4-5;1-2-3-4/h2,5H,1,3-4H2;2,4H,1,3H2. The summed E-state index contributed by atoms with van der Waals surface area (Å²) in [6.07, 6.45) is 3.82. The molecule has 0 aliphatic heterocycles. The zero-order valence-electron chi connectivity index (χ0n) is 5.58. The van der Waals surface area contributed by atoms with Crippen LogP contribution >= 0.6 is 0 Å². The summed E-state index contributed by atoms with van der Waals surface area (Å²) >= 11 is 0. The smallest absolute Gasteiger partial charge is 0.0609 e. The van der Waals surface area contributed by atoms with Crippen LogP contribution in [0.15, 0.2) is 25.3 Å². The van der Waals surface area contributed by atoms with Crippen LogP contribution in [0, 0.1) is 0 Å². The monoisotopic (exact) mass is 130 g/mol. The Hall–Kier alpha value is -0.600. The zero-order valence-corrected chi connectivity index (χ0v) is 5.58. The molecule has 0 aromatic heterocycles. The molecule has 0 bridgehead atoms. The fourth-order valence-electron chi connectivity index (χ4n) is 0.0913. The van der Waals surface area contributed by atoms with E-state index >= 15 is 0 Å². The minimum absolute atomic E-state index is 0.0833. The molecule has 2 N–H and O–H groups in total. The minimum Gasteiger partial charge on any atom is -0.396 e. The second-order valence-corrected chi connectivity index (χ2v) is 1.27. The predicted molar refractivity (Wildman–Crippen MR) is 39.2 cm³/mol. The van der Waals surface area contributed by atoms with Crippen molar-refractivity contribution in [2.24, 2.45) is 0 Å². The van der Waals surface area contributed by atoms with Crippen LogP contribution < -0.4 is 0 Å². The van der Waals surface area contributed by atoms with Gasteiger partial charge in [0, 0.05) is 6.61 Å². The van der Waals surface area contributed by atoms with Crippen molar-refractivity contribution >= 4 is 0 Å². The van der Waals surface area contributed by atoms with Crippen molar-refractivity contribution in [2.75, 3.05) is 13.2 Å². The molecule has 2 nitrogen and oxygen atoms in total. The lowest BCUT2D eigenvalue weighted by Gasteiger charge is -1.73. The molecule has 0 unspecified atom stereocenters. The van der Waals surface area contributed by atoms with Gasteiger partial charge >= 0.3 is 0 Å². The molecular weight excluding hydrogens is 116 g/mol. The van der Waals surface area contributed by atoms with Crippen LogP contribution in [0.5, 0.6) is 0 Å². The largest absolute Gasteiger partial charge is 0.396 e. The fraction of sp³-hybridized carbons (Fsp3) is 0.429. The molecule has 0 aliphatic rings. The lowest BCUT2D eigenvalue weighted by Crippen LogP contribution is -1.71. The Kier molecular flexibility index (Phi) is 19.5. The van der Waals surface area contributed by atoms with Crippen LogP contribution in [0.2, 0.25) is 0 Å². The Bertz CT molecular complexity index is 59.9. The molecular formula is C7H14O2. The van der Waals surface area contributed by atoms with Crippen LogP contribution in [-0.4, -0.2) is 23.4 Å². The first-order valence-electron chi connectivity index (χ1n) is 2.77. The van der Waals surface area contributed by atoms with E-state index in [0.29, 0.717) is 6.42 Å². The van der Waals surface area contributed by atoms with Crippen LogP contribution in [-0.2, 0) is 0 Å². The van der Waals surface area contributed by atoms with E-state index in [4.69, 9.17) is 10.2 Å². The minimum atomic E-state index is 0.0833. The summed E-state index contributed by atoms with van der Waals surface area (Å²) in [6.45, 7) is 6.93. The van der Waals surface area contributed by atoms with E-state index in [1.165, 1.54) is 6.08 Å². The van der Waals surface area contributed by atoms with Gasteiger partial charge in [0.2, 0.25) is 0 Å². The van der Waals surface area contributed by atoms with Crippen molar-refractivity contribution < 1.29 is 10.2 Å². The maximum atomic E-state index is 8.00. The van der Waals surface area contributed by atoms with E-state index in [2.05, 4.69) is 13.2 Å². The molecule has 0 saturated carbocycles. The van der Waals surface area contributed by atoms with Gasteiger partial charge in [0.25, 0.3) is 0 Å². The van der Waals surface area contributed by atoms with Gasteiger partial charge in [-0.1, -0.05) is 12.2 Å². The zero-order chi connectivity index (χ0) is 7.54. The first kappa shape index (κ1) is 11.2. The number of hydrogen-bond donors (Lipinski definition) is 2. The Balaban J connectivity index is 0. The Morgan fingerprint density at radius 1 is 1.11 bits per heavy atom. The average molecular weight is 130 g/mol. The van der Waals surface area contributed by atoms with Crippen LogP contribution in [0.3, 0.4) is 0 Å². The molecule has 0 atom stereocenters. The van der Waals surface area contributed by atoms with Gasteiger partial charge in [-0.25, -0.2) is 0 Å². The highest BCUT2D eigenvalue weighted by Gasteiger charge is 1.62. The summed E-state index contributed by atoms with van der Waals surface area (Å²) in [4.78, 5) is 0. The highest BCUT2D eigenvalue weighted by atomic mass is 16.3. The Morgan fingerprint density at radius 2 is 1.56 bits per heavy atom. The summed E-state index contributed by atoms with van der Waals surface area (Å²) in [7, 11) is 0. The highest BCUT2D eigenvalue weighted by Crippen LogP contribution is 1.69.